The molecule has 1 aromatic carbocycles. The Morgan fingerprint density at radius 2 is 2.14 bits per heavy atom. The van der Waals surface area contributed by atoms with Crippen molar-refractivity contribution in [3.8, 4) is 0 Å². The Bertz CT molecular complexity index is 711. The fourth-order valence-electron chi connectivity index (χ4n) is 2.06. The zero-order chi connectivity index (χ0) is 16.3. The molecule has 2 aromatic rings. The van der Waals surface area contributed by atoms with Gasteiger partial charge in [0, 0.05) is 16.1 Å². The summed E-state index contributed by atoms with van der Waals surface area (Å²) in [5, 5.41) is 3.15. The number of ether oxygens (including phenoxy) is 1. The molecule has 1 N–H and O–H groups in total. The van der Waals surface area contributed by atoms with E-state index in [4.69, 9.17) is 4.74 Å². The summed E-state index contributed by atoms with van der Waals surface area (Å²) < 4.78 is 19.5. The molecule has 1 heterocycles. The number of benzene rings is 1. The number of amides is 1. The van der Waals surface area contributed by atoms with Crippen molar-refractivity contribution >= 4 is 33.3 Å². The SMILES string of the molecule is CC[C@H](C)NC(=O)COC(=O)c1sc2cccc(F)c2c1C. The van der Waals surface area contributed by atoms with Crippen molar-refractivity contribution in [2.75, 3.05) is 6.61 Å². The number of nitrogens with one attached hydrogen (secondary N) is 1. The van der Waals surface area contributed by atoms with Crippen molar-refractivity contribution in [1.29, 1.82) is 0 Å². The molecule has 0 aliphatic carbocycles. The highest BCUT2D eigenvalue weighted by Crippen LogP contribution is 2.32. The molecule has 0 unspecified atom stereocenters. The zero-order valence-electron chi connectivity index (χ0n) is 12.7. The lowest BCUT2D eigenvalue weighted by atomic mass is 10.1. The summed E-state index contributed by atoms with van der Waals surface area (Å²) in [6, 6.07) is 4.74. The van der Waals surface area contributed by atoms with Crippen LogP contribution in [0, 0.1) is 12.7 Å². The highest BCUT2D eigenvalue weighted by Gasteiger charge is 2.19. The molecule has 118 valence electrons. The van der Waals surface area contributed by atoms with Crippen molar-refractivity contribution in [1.82, 2.24) is 5.32 Å². The molecule has 0 fully saturated rings. The number of rotatable bonds is 5. The molecule has 0 saturated carbocycles. The van der Waals surface area contributed by atoms with E-state index in [2.05, 4.69) is 5.32 Å². The van der Waals surface area contributed by atoms with Gasteiger partial charge in [0.25, 0.3) is 5.91 Å². The molecule has 6 heteroatoms. The molecule has 0 radical (unpaired) electrons. The van der Waals surface area contributed by atoms with Gasteiger partial charge in [-0.2, -0.15) is 0 Å². The van der Waals surface area contributed by atoms with Crippen LogP contribution in [0.5, 0.6) is 0 Å². The normalized spacial score (nSPS) is 12.2. The van der Waals surface area contributed by atoms with E-state index < -0.39 is 5.97 Å². The van der Waals surface area contributed by atoms with E-state index in [0.717, 1.165) is 6.42 Å². The smallest absolute Gasteiger partial charge is 0.349 e. The lowest BCUT2D eigenvalue weighted by molar-refractivity contribution is -0.124. The molecule has 1 amide bonds. The van der Waals surface area contributed by atoms with E-state index >= 15 is 0 Å². The van der Waals surface area contributed by atoms with Crippen LogP contribution in [0.2, 0.25) is 0 Å². The number of thiophene rings is 1. The first-order chi connectivity index (χ1) is 10.4. The highest BCUT2D eigenvalue weighted by atomic mass is 32.1. The van der Waals surface area contributed by atoms with Crippen LogP contribution in [0.1, 0.15) is 35.5 Å². The first-order valence-electron chi connectivity index (χ1n) is 7.08. The van der Waals surface area contributed by atoms with Gasteiger partial charge in [-0.05, 0) is 38.0 Å². The van der Waals surface area contributed by atoms with Crippen molar-refractivity contribution in [3.63, 3.8) is 0 Å². The first-order valence-corrected chi connectivity index (χ1v) is 7.89. The van der Waals surface area contributed by atoms with Gasteiger partial charge in [0.05, 0.1) is 0 Å². The number of halogens is 1. The Morgan fingerprint density at radius 3 is 2.77 bits per heavy atom. The fraction of sp³-hybridized carbons (Fsp3) is 0.375. The Balaban J connectivity index is 2.09. The van der Waals surface area contributed by atoms with Crippen molar-refractivity contribution in [3.05, 3.63) is 34.5 Å². The van der Waals surface area contributed by atoms with Crippen molar-refractivity contribution in [2.45, 2.75) is 33.2 Å². The summed E-state index contributed by atoms with van der Waals surface area (Å²) in [4.78, 5) is 24.0. The van der Waals surface area contributed by atoms with Gasteiger partial charge in [0.1, 0.15) is 10.7 Å². The third-order valence-corrected chi connectivity index (χ3v) is 4.68. The van der Waals surface area contributed by atoms with Gasteiger partial charge in [-0.3, -0.25) is 4.79 Å². The average Bonchev–Trinajstić information content (AvgIpc) is 2.83. The van der Waals surface area contributed by atoms with Crippen LogP contribution in [-0.2, 0) is 9.53 Å². The quantitative estimate of drug-likeness (QED) is 0.858. The second-order valence-corrected chi connectivity index (χ2v) is 6.17. The van der Waals surface area contributed by atoms with Gasteiger partial charge in [0.2, 0.25) is 0 Å². The zero-order valence-corrected chi connectivity index (χ0v) is 13.6. The molecular weight excluding hydrogens is 305 g/mol. The summed E-state index contributed by atoms with van der Waals surface area (Å²) in [6.45, 7) is 5.17. The second kappa shape index (κ2) is 6.87. The molecule has 0 saturated heterocycles. The van der Waals surface area contributed by atoms with E-state index in [9.17, 15) is 14.0 Å². The van der Waals surface area contributed by atoms with Gasteiger partial charge < -0.3 is 10.1 Å². The second-order valence-electron chi connectivity index (χ2n) is 5.12. The van der Waals surface area contributed by atoms with E-state index in [1.54, 1.807) is 19.1 Å². The van der Waals surface area contributed by atoms with E-state index in [-0.39, 0.29) is 24.4 Å². The van der Waals surface area contributed by atoms with Crippen LogP contribution in [-0.4, -0.2) is 24.5 Å². The minimum atomic E-state index is -0.600. The fourth-order valence-corrected chi connectivity index (χ4v) is 3.18. The summed E-state index contributed by atoms with van der Waals surface area (Å²) in [5.41, 5.74) is 0.547. The minimum absolute atomic E-state index is 0.0337. The van der Waals surface area contributed by atoms with Crippen LogP contribution in [0.3, 0.4) is 0 Å². The maximum Gasteiger partial charge on any atom is 0.349 e. The van der Waals surface area contributed by atoms with Crippen molar-refractivity contribution < 1.29 is 18.7 Å². The molecule has 1 atom stereocenters. The lowest BCUT2D eigenvalue weighted by Gasteiger charge is -2.11. The molecule has 22 heavy (non-hydrogen) atoms. The van der Waals surface area contributed by atoms with E-state index in [1.165, 1.54) is 17.4 Å². The number of hydrogen-bond acceptors (Lipinski definition) is 4. The van der Waals surface area contributed by atoms with Gasteiger partial charge in [-0.1, -0.05) is 13.0 Å². The Kier molecular flexibility index (Phi) is 5.13. The van der Waals surface area contributed by atoms with Gasteiger partial charge in [-0.25, -0.2) is 9.18 Å². The molecule has 4 nitrogen and oxygen atoms in total. The van der Waals surface area contributed by atoms with E-state index in [1.807, 2.05) is 13.8 Å². The molecule has 0 aliphatic rings. The summed E-state index contributed by atoms with van der Waals surface area (Å²) in [7, 11) is 0. The monoisotopic (exact) mass is 323 g/mol. The average molecular weight is 323 g/mol. The molecular formula is C16H18FNO3S. The standard InChI is InChI=1S/C16H18FNO3S/c1-4-9(2)18-13(19)8-21-16(20)15-10(3)14-11(17)6-5-7-12(14)22-15/h5-7,9H,4,8H2,1-3H3,(H,18,19)/t9-/m0/s1. The minimum Gasteiger partial charge on any atom is -0.451 e. The van der Waals surface area contributed by atoms with Gasteiger partial charge >= 0.3 is 5.97 Å². The number of aryl methyl sites for hydroxylation is 1. The predicted molar refractivity (Wildman–Crippen MR) is 84.7 cm³/mol. The molecule has 0 bridgehead atoms. The van der Waals surface area contributed by atoms with Crippen LogP contribution in [0.15, 0.2) is 18.2 Å². The molecule has 0 aliphatic heterocycles. The van der Waals surface area contributed by atoms with Gasteiger partial charge in [-0.15, -0.1) is 11.3 Å². The molecule has 1 aromatic heterocycles. The lowest BCUT2D eigenvalue weighted by Crippen LogP contribution is -2.35. The van der Waals surface area contributed by atoms with Crippen LogP contribution < -0.4 is 5.32 Å². The third-order valence-electron chi connectivity index (χ3n) is 3.44. The number of carbonyl (C=O) groups excluding carboxylic acids is 2. The van der Waals surface area contributed by atoms with Crippen molar-refractivity contribution in [2.24, 2.45) is 0 Å². The maximum absolute atomic E-state index is 13.8. The topological polar surface area (TPSA) is 55.4 Å². The Morgan fingerprint density at radius 1 is 1.41 bits per heavy atom. The first kappa shape index (κ1) is 16.4. The number of esters is 1. The van der Waals surface area contributed by atoms with Gasteiger partial charge in [0.15, 0.2) is 6.61 Å². The highest BCUT2D eigenvalue weighted by molar-refractivity contribution is 7.21. The number of fused-ring (bicyclic) bond motifs is 1. The Labute approximate surface area is 132 Å². The van der Waals surface area contributed by atoms with Crippen LogP contribution >= 0.6 is 11.3 Å². The number of hydrogen-bond donors (Lipinski definition) is 1. The summed E-state index contributed by atoms with van der Waals surface area (Å²) >= 11 is 1.17. The Hall–Kier alpha value is -1.95. The third kappa shape index (κ3) is 3.44. The largest absolute Gasteiger partial charge is 0.451 e. The number of carbonyl (C=O) groups is 2. The molecule has 2 rings (SSSR count). The summed E-state index contributed by atoms with van der Waals surface area (Å²) in [6.07, 6.45) is 0.800. The predicted octanol–water partition coefficient (Wildman–Crippen LogP) is 3.42. The van der Waals surface area contributed by atoms with E-state index in [0.29, 0.717) is 20.5 Å². The molecule has 0 spiro atoms. The summed E-state index contributed by atoms with van der Waals surface area (Å²) in [5.74, 6) is -1.30. The maximum atomic E-state index is 13.8. The van der Waals surface area contributed by atoms with Crippen LogP contribution in [0.4, 0.5) is 4.39 Å². The van der Waals surface area contributed by atoms with Crippen LogP contribution in [0.25, 0.3) is 10.1 Å².